The van der Waals surface area contributed by atoms with E-state index in [-0.39, 0.29) is 17.6 Å². The van der Waals surface area contributed by atoms with Gasteiger partial charge in [-0.05, 0) is 73.9 Å². The number of likely N-dealkylation sites (tertiary alicyclic amines) is 1. The van der Waals surface area contributed by atoms with E-state index in [2.05, 4.69) is 20.4 Å². The molecule has 10 nitrogen and oxygen atoms in total. The Bertz CT molecular complexity index is 1760. The van der Waals surface area contributed by atoms with Crippen LogP contribution in [0.5, 0.6) is 11.5 Å². The number of allylic oxidation sites excluding steroid dienone is 1. The number of imidazole rings is 1. The molecule has 1 aliphatic heterocycles. The number of hydrogen-bond acceptors (Lipinski definition) is 7. The average Bonchev–Trinajstić information content (AvgIpc) is 3.54. The molecule has 3 aromatic heterocycles. The predicted octanol–water partition coefficient (Wildman–Crippen LogP) is 6.26. The van der Waals surface area contributed by atoms with Gasteiger partial charge < -0.3 is 24.6 Å². The van der Waals surface area contributed by atoms with Gasteiger partial charge in [0.2, 0.25) is 0 Å². The predicted molar refractivity (Wildman–Crippen MR) is 160 cm³/mol. The van der Waals surface area contributed by atoms with Crippen molar-refractivity contribution in [1.82, 2.24) is 29.0 Å². The highest BCUT2D eigenvalue weighted by molar-refractivity contribution is 5.92. The summed E-state index contributed by atoms with van der Waals surface area (Å²) in [5, 5.41) is 17.8. The van der Waals surface area contributed by atoms with Crippen LogP contribution in [0.3, 0.4) is 0 Å². The van der Waals surface area contributed by atoms with E-state index in [0.717, 1.165) is 44.9 Å². The molecule has 0 radical (unpaired) electrons. The second-order valence-corrected chi connectivity index (χ2v) is 10.1. The van der Waals surface area contributed by atoms with E-state index in [0.29, 0.717) is 24.5 Å². The number of carbonyl (C=O) groups is 1. The molecule has 1 aliphatic rings. The monoisotopic (exact) mass is 553 g/mol. The molecule has 10 heteroatoms. The number of amides is 1. The molecule has 0 unspecified atom stereocenters. The zero-order valence-electron chi connectivity index (χ0n) is 24.2. The molecule has 1 fully saturated rings. The van der Waals surface area contributed by atoms with E-state index in [1.165, 1.54) is 6.33 Å². The molecule has 1 saturated heterocycles. The number of aryl methyl sites for hydroxylation is 2. The summed E-state index contributed by atoms with van der Waals surface area (Å²) in [6, 6.07) is 13.8. The van der Waals surface area contributed by atoms with Gasteiger partial charge in [0.1, 0.15) is 23.3 Å². The molecule has 2 aromatic carbocycles. The molecule has 41 heavy (non-hydrogen) atoms. The maximum absolute atomic E-state index is 12.4. The Balaban J connectivity index is 0.00000165. The van der Waals surface area contributed by atoms with Gasteiger partial charge in [-0.2, -0.15) is 5.10 Å². The van der Waals surface area contributed by atoms with Gasteiger partial charge >= 0.3 is 0 Å². The fraction of sp³-hybridized carbons (Fsp3) is 0.290. The summed E-state index contributed by atoms with van der Waals surface area (Å²) < 4.78 is 9.93. The van der Waals surface area contributed by atoms with Crippen LogP contribution in [0, 0.1) is 6.92 Å². The molecule has 212 valence electrons. The summed E-state index contributed by atoms with van der Waals surface area (Å²) in [7, 11) is 1.97. The van der Waals surface area contributed by atoms with Crippen LogP contribution in [-0.2, 0) is 11.8 Å². The SMILES string of the molecule is CC.CC(C)=C(O)C(=O)N1CC(c2ccn3ncnc(Nc4ccc(Oc5ccc6c(c5)ncn6C)c(C)c4)c23)C1. The average molecular weight is 554 g/mol. The number of nitrogens with zero attached hydrogens (tertiary/aromatic N) is 6. The standard InChI is InChI=1S/C29H29N7O3.C2H6/c1-17(2)27(37)29(38)35-13-19(14-35)22-9-10-36-26(22)28(30-15-32-36)33-20-5-8-25(18(3)11-20)39-21-6-7-24-23(12-21)31-16-34(24)4;1-2/h5-12,15-16,19,37H,13-14H2,1-4H3,(H,30,32,33);1-2H3. The lowest BCUT2D eigenvalue weighted by atomic mass is 9.91. The van der Waals surface area contributed by atoms with Crippen molar-refractivity contribution in [3.63, 3.8) is 0 Å². The summed E-state index contributed by atoms with van der Waals surface area (Å²) in [6.07, 6.45) is 5.20. The molecular formula is C31H35N7O3. The van der Waals surface area contributed by atoms with Crippen molar-refractivity contribution in [3.05, 3.63) is 83.8 Å². The lowest BCUT2D eigenvalue weighted by Gasteiger charge is -2.39. The van der Waals surface area contributed by atoms with Crippen LogP contribution in [0.25, 0.3) is 16.6 Å². The van der Waals surface area contributed by atoms with Crippen molar-refractivity contribution < 1.29 is 14.6 Å². The van der Waals surface area contributed by atoms with Crippen LogP contribution in [-0.4, -0.2) is 53.2 Å². The van der Waals surface area contributed by atoms with Crippen LogP contribution >= 0.6 is 0 Å². The quantitative estimate of drug-likeness (QED) is 0.189. The Morgan fingerprint density at radius 1 is 1.07 bits per heavy atom. The second-order valence-electron chi connectivity index (χ2n) is 10.1. The number of ether oxygens (including phenoxy) is 1. The van der Waals surface area contributed by atoms with E-state index in [1.54, 1.807) is 29.6 Å². The van der Waals surface area contributed by atoms with Crippen molar-refractivity contribution in [2.24, 2.45) is 7.05 Å². The first-order valence-electron chi connectivity index (χ1n) is 13.7. The molecule has 0 spiro atoms. The Hall–Kier alpha value is -4.86. The zero-order chi connectivity index (χ0) is 29.3. The summed E-state index contributed by atoms with van der Waals surface area (Å²) in [4.78, 5) is 23.0. The molecule has 1 amide bonds. The largest absolute Gasteiger partial charge is 0.503 e. The van der Waals surface area contributed by atoms with Crippen molar-refractivity contribution in [3.8, 4) is 11.5 Å². The van der Waals surface area contributed by atoms with Crippen LogP contribution in [0.1, 0.15) is 44.7 Å². The van der Waals surface area contributed by atoms with E-state index >= 15 is 0 Å². The number of hydrogen-bond donors (Lipinski definition) is 2. The zero-order valence-corrected chi connectivity index (χ0v) is 24.2. The van der Waals surface area contributed by atoms with E-state index in [1.807, 2.05) is 81.0 Å². The topological polar surface area (TPSA) is 110 Å². The third kappa shape index (κ3) is 5.32. The highest BCUT2D eigenvalue weighted by Crippen LogP contribution is 2.35. The van der Waals surface area contributed by atoms with Gasteiger partial charge in [0, 0.05) is 44.0 Å². The molecule has 0 atom stereocenters. The van der Waals surface area contributed by atoms with Gasteiger partial charge in [0.05, 0.1) is 17.4 Å². The Labute approximate surface area is 238 Å². The number of carbonyl (C=O) groups excluding carboxylic acids is 1. The molecule has 5 aromatic rings. The second kappa shape index (κ2) is 11.3. The lowest BCUT2D eigenvalue weighted by molar-refractivity contribution is -0.134. The summed E-state index contributed by atoms with van der Waals surface area (Å²) >= 11 is 0. The molecular weight excluding hydrogens is 518 g/mol. The fourth-order valence-electron chi connectivity index (χ4n) is 4.89. The smallest absolute Gasteiger partial charge is 0.288 e. The normalized spacial score (nSPS) is 13.0. The number of aliphatic hydroxyl groups excluding tert-OH is 1. The van der Waals surface area contributed by atoms with Crippen LogP contribution in [0.15, 0.2) is 72.6 Å². The third-order valence-corrected chi connectivity index (χ3v) is 7.13. The van der Waals surface area contributed by atoms with Crippen LogP contribution in [0.2, 0.25) is 0 Å². The summed E-state index contributed by atoms with van der Waals surface area (Å²) in [5.41, 5.74) is 6.30. The Morgan fingerprint density at radius 3 is 2.59 bits per heavy atom. The maximum Gasteiger partial charge on any atom is 0.288 e. The van der Waals surface area contributed by atoms with Gasteiger partial charge in [-0.3, -0.25) is 4.79 Å². The van der Waals surface area contributed by atoms with E-state index in [9.17, 15) is 9.90 Å². The highest BCUT2D eigenvalue weighted by atomic mass is 16.5. The number of nitrogens with one attached hydrogen (secondary N) is 1. The number of rotatable bonds is 6. The summed E-state index contributed by atoms with van der Waals surface area (Å²) in [6.45, 7) is 10.5. The minimum atomic E-state index is -0.331. The fourth-order valence-corrected chi connectivity index (χ4v) is 4.89. The van der Waals surface area contributed by atoms with E-state index in [4.69, 9.17) is 4.74 Å². The molecule has 0 bridgehead atoms. The van der Waals surface area contributed by atoms with Gasteiger partial charge in [0.15, 0.2) is 11.6 Å². The molecule has 4 heterocycles. The number of fused-ring (bicyclic) bond motifs is 2. The van der Waals surface area contributed by atoms with Crippen LogP contribution in [0.4, 0.5) is 11.5 Å². The van der Waals surface area contributed by atoms with Gasteiger partial charge in [-0.15, -0.1) is 0 Å². The Kier molecular flexibility index (Phi) is 7.65. The van der Waals surface area contributed by atoms with Crippen molar-refractivity contribution in [2.75, 3.05) is 18.4 Å². The van der Waals surface area contributed by atoms with Gasteiger partial charge in [0.25, 0.3) is 5.91 Å². The summed E-state index contributed by atoms with van der Waals surface area (Å²) in [5.74, 6) is 1.78. The third-order valence-electron chi connectivity index (χ3n) is 7.13. The molecule has 2 N–H and O–H groups in total. The molecule has 0 aliphatic carbocycles. The van der Waals surface area contributed by atoms with Crippen molar-refractivity contribution in [2.45, 2.75) is 40.5 Å². The maximum atomic E-state index is 12.4. The minimum absolute atomic E-state index is 0.129. The van der Waals surface area contributed by atoms with Crippen LogP contribution < -0.4 is 10.1 Å². The first-order chi connectivity index (χ1) is 19.8. The van der Waals surface area contributed by atoms with Gasteiger partial charge in [-0.1, -0.05) is 13.8 Å². The number of aromatic nitrogens is 5. The number of benzene rings is 2. The first kappa shape index (κ1) is 27.7. The number of anilines is 2. The van der Waals surface area contributed by atoms with Crippen molar-refractivity contribution >= 4 is 34.0 Å². The van der Waals surface area contributed by atoms with E-state index < -0.39 is 0 Å². The highest BCUT2D eigenvalue weighted by Gasteiger charge is 2.35. The molecule has 6 rings (SSSR count). The molecule has 0 saturated carbocycles. The van der Waals surface area contributed by atoms with Gasteiger partial charge in [-0.25, -0.2) is 14.5 Å². The first-order valence-corrected chi connectivity index (χ1v) is 13.7. The number of aliphatic hydroxyl groups is 1. The van der Waals surface area contributed by atoms with Crippen molar-refractivity contribution in [1.29, 1.82) is 0 Å². The lowest BCUT2D eigenvalue weighted by Crippen LogP contribution is -2.49. The minimum Gasteiger partial charge on any atom is -0.503 e. The Morgan fingerprint density at radius 2 is 1.85 bits per heavy atom.